The van der Waals surface area contributed by atoms with Crippen LogP contribution >= 0.6 is 11.3 Å². The number of fused-ring (bicyclic) bond motifs is 1. The van der Waals surface area contributed by atoms with Crippen molar-refractivity contribution >= 4 is 27.4 Å². The van der Waals surface area contributed by atoms with Gasteiger partial charge in [0.2, 0.25) is 0 Å². The van der Waals surface area contributed by atoms with Crippen molar-refractivity contribution in [2.75, 3.05) is 11.9 Å². The summed E-state index contributed by atoms with van der Waals surface area (Å²) < 4.78 is 0. The Kier molecular flexibility index (Phi) is 2.93. The Hall–Kier alpha value is -1.95. The summed E-state index contributed by atoms with van der Waals surface area (Å²) in [5, 5.41) is 13.5. The number of H-pyrrole nitrogens is 1. The van der Waals surface area contributed by atoms with Gasteiger partial charge in [-0.1, -0.05) is 0 Å². The van der Waals surface area contributed by atoms with Gasteiger partial charge in [0.1, 0.15) is 17.0 Å². The second-order valence-electron chi connectivity index (χ2n) is 4.08. The monoisotopic (exact) mass is 259 g/mol. The molecule has 0 aliphatic rings. The van der Waals surface area contributed by atoms with E-state index in [9.17, 15) is 0 Å². The van der Waals surface area contributed by atoms with Crippen molar-refractivity contribution < 1.29 is 0 Å². The molecule has 0 bridgehead atoms. The third kappa shape index (κ3) is 2.06. The van der Waals surface area contributed by atoms with E-state index in [1.54, 1.807) is 23.9 Å². The molecule has 0 aromatic carbocycles. The number of anilines is 1. The van der Waals surface area contributed by atoms with E-state index in [2.05, 4.69) is 37.8 Å². The summed E-state index contributed by atoms with van der Waals surface area (Å²) in [6, 6.07) is 1.98. The summed E-state index contributed by atoms with van der Waals surface area (Å²) in [6.45, 7) is 2.91. The van der Waals surface area contributed by atoms with Crippen LogP contribution in [-0.2, 0) is 6.42 Å². The molecule has 3 rings (SSSR count). The van der Waals surface area contributed by atoms with E-state index in [0.29, 0.717) is 0 Å². The van der Waals surface area contributed by atoms with Crippen molar-refractivity contribution in [3.8, 4) is 0 Å². The van der Waals surface area contributed by atoms with E-state index >= 15 is 0 Å². The van der Waals surface area contributed by atoms with Crippen molar-refractivity contribution in [1.82, 2.24) is 20.2 Å². The van der Waals surface area contributed by atoms with Crippen LogP contribution in [0.15, 0.2) is 24.0 Å². The molecule has 0 saturated heterocycles. The maximum Gasteiger partial charge on any atom is 0.138 e. The molecule has 6 heteroatoms. The molecular formula is C12H13N5S. The van der Waals surface area contributed by atoms with Crippen molar-refractivity contribution in [3.05, 3.63) is 35.2 Å². The van der Waals surface area contributed by atoms with Gasteiger partial charge >= 0.3 is 0 Å². The van der Waals surface area contributed by atoms with E-state index < -0.39 is 0 Å². The van der Waals surface area contributed by atoms with Crippen LogP contribution in [0.5, 0.6) is 0 Å². The smallest absolute Gasteiger partial charge is 0.138 e. The van der Waals surface area contributed by atoms with Crippen molar-refractivity contribution in [1.29, 1.82) is 0 Å². The lowest BCUT2D eigenvalue weighted by Gasteiger charge is -2.06. The van der Waals surface area contributed by atoms with Crippen molar-refractivity contribution in [3.63, 3.8) is 0 Å². The average molecular weight is 259 g/mol. The highest BCUT2D eigenvalue weighted by Gasteiger charge is 2.07. The second kappa shape index (κ2) is 4.73. The predicted octanol–water partition coefficient (Wildman–Crippen LogP) is 2.38. The fourth-order valence-corrected chi connectivity index (χ4v) is 2.78. The molecule has 0 spiro atoms. The zero-order valence-electron chi connectivity index (χ0n) is 9.97. The van der Waals surface area contributed by atoms with Gasteiger partial charge in [-0.05, 0) is 23.9 Å². The maximum absolute atomic E-state index is 4.32. The van der Waals surface area contributed by atoms with Crippen LogP contribution in [0, 0.1) is 6.92 Å². The first-order valence-corrected chi connectivity index (χ1v) is 6.63. The minimum absolute atomic E-state index is 0.823. The Morgan fingerprint density at radius 2 is 2.33 bits per heavy atom. The van der Waals surface area contributed by atoms with Crippen LogP contribution in [-0.4, -0.2) is 26.7 Å². The van der Waals surface area contributed by atoms with Crippen LogP contribution in [0.25, 0.3) is 10.2 Å². The van der Waals surface area contributed by atoms with E-state index in [4.69, 9.17) is 0 Å². The molecule has 0 unspecified atom stereocenters. The highest BCUT2D eigenvalue weighted by molar-refractivity contribution is 7.17. The standard InChI is InChI=1S/C12H13N5S/c1-8-6-18-12-10(8)11(14-7-15-12)13-4-2-9-3-5-16-17-9/h3,5-7H,2,4H2,1H3,(H,16,17)(H,13,14,15). The molecule has 3 heterocycles. The lowest BCUT2D eigenvalue weighted by atomic mass is 10.2. The predicted molar refractivity (Wildman–Crippen MR) is 72.9 cm³/mol. The molecule has 0 fully saturated rings. The molecule has 0 radical (unpaired) electrons. The zero-order chi connectivity index (χ0) is 12.4. The summed E-state index contributed by atoms with van der Waals surface area (Å²) in [5.41, 5.74) is 2.34. The van der Waals surface area contributed by atoms with Gasteiger partial charge < -0.3 is 5.32 Å². The summed E-state index contributed by atoms with van der Waals surface area (Å²) in [6.07, 6.45) is 4.27. The SMILES string of the molecule is Cc1csc2ncnc(NCCc3ccn[nH]3)c12. The molecule has 0 atom stereocenters. The van der Waals surface area contributed by atoms with Gasteiger partial charge in [0.15, 0.2) is 0 Å². The fraction of sp³-hybridized carbons (Fsp3) is 0.250. The van der Waals surface area contributed by atoms with Gasteiger partial charge in [-0.2, -0.15) is 5.10 Å². The number of aryl methyl sites for hydroxylation is 1. The lowest BCUT2D eigenvalue weighted by molar-refractivity contribution is 0.925. The molecule has 3 aromatic heterocycles. The third-order valence-electron chi connectivity index (χ3n) is 2.80. The van der Waals surface area contributed by atoms with Gasteiger partial charge in [0.05, 0.1) is 5.39 Å². The van der Waals surface area contributed by atoms with E-state index in [1.807, 2.05) is 6.07 Å². The number of aromatic nitrogens is 4. The lowest BCUT2D eigenvalue weighted by Crippen LogP contribution is -2.07. The number of nitrogens with zero attached hydrogens (tertiary/aromatic N) is 3. The van der Waals surface area contributed by atoms with Crippen LogP contribution in [0.1, 0.15) is 11.3 Å². The van der Waals surface area contributed by atoms with Gasteiger partial charge in [-0.25, -0.2) is 9.97 Å². The van der Waals surface area contributed by atoms with Gasteiger partial charge in [-0.3, -0.25) is 5.10 Å². The highest BCUT2D eigenvalue weighted by Crippen LogP contribution is 2.28. The second-order valence-corrected chi connectivity index (χ2v) is 4.94. The number of aromatic amines is 1. The molecule has 18 heavy (non-hydrogen) atoms. The van der Waals surface area contributed by atoms with Crippen LogP contribution in [0.4, 0.5) is 5.82 Å². The third-order valence-corrected chi connectivity index (χ3v) is 3.80. The highest BCUT2D eigenvalue weighted by atomic mass is 32.1. The Morgan fingerprint density at radius 3 is 3.17 bits per heavy atom. The topological polar surface area (TPSA) is 66.5 Å². The normalized spacial score (nSPS) is 10.9. The largest absolute Gasteiger partial charge is 0.369 e. The minimum Gasteiger partial charge on any atom is -0.369 e. The molecule has 0 aliphatic carbocycles. The van der Waals surface area contributed by atoms with Crippen molar-refractivity contribution in [2.24, 2.45) is 0 Å². The van der Waals surface area contributed by atoms with Gasteiger partial charge in [0.25, 0.3) is 0 Å². The summed E-state index contributed by atoms with van der Waals surface area (Å²) in [5.74, 6) is 0.915. The Balaban J connectivity index is 1.76. The first-order chi connectivity index (χ1) is 8.84. The van der Waals surface area contributed by atoms with E-state index in [-0.39, 0.29) is 0 Å². The molecule has 0 amide bonds. The molecule has 5 nitrogen and oxygen atoms in total. The number of hydrogen-bond donors (Lipinski definition) is 2. The van der Waals surface area contributed by atoms with E-state index in [0.717, 1.165) is 34.7 Å². The molecule has 3 aromatic rings. The zero-order valence-corrected chi connectivity index (χ0v) is 10.8. The molecule has 92 valence electrons. The Bertz CT molecular complexity index is 644. The van der Waals surface area contributed by atoms with Crippen LogP contribution in [0.3, 0.4) is 0 Å². The first-order valence-electron chi connectivity index (χ1n) is 5.75. The fourth-order valence-electron chi connectivity index (χ4n) is 1.89. The van der Waals surface area contributed by atoms with Gasteiger partial charge in [-0.15, -0.1) is 11.3 Å². The number of rotatable bonds is 4. The maximum atomic E-state index is 4.32. The molecule has 0 aliphatic heterocycles. The Labute approximate surface area is 108 Å². The quantitative estimate of drug-likeness (QED) is 0.755. The van der Waals surface area contributed by atoms with Crippen LogP contribution in [0.2, 0.25) is 0 Å². The summed E-state index contributed by atoms with van der Waals surface area (Å²) in [7, 11) is 0. The van der Waals surface area contributed by atoms with Crippen LogP contribution < -0.4 is 5.32 Å². The molecule has 2 N–H and O–H groups in total. The first kappa shape index (κ1) is 11.2. The van der Waals surface area contributed by atoms with E-state index in [1.165, 1.54) is 5.56 Å². The minimum atomic E-state index is 0.823. The molecular weight excluding hydrogens is 246 g/mol. The number of thiophene rings is 1. The van der Waals surface area contributed by atoms with Gasteiger partial charge in [0, 0.05) is 24.9 Å². The average Bonchev–Trinajstić information content (AvgIpc) is 3.00. The number of hydrogen-bond acceptors (Lipinski definition) is 5. The number of nitrogens with one attached hydrogen (secondary N) is 2. The van der Waals surface area contributed by atoms with Crippen molar-refractivity contribution in [2.45, 2.75) is 13.3 Å². The summed E-state index contributed by atoms with van der Waals surface area (Å²) in [4.78, 5) is 9.62. The Morgan fingerprint density at radius 1 is 1.39 bits per heavy atom. The summed E-state index contributed by atoms with van der Waals surface area (Å²) >= 11 is 1.65. The molecule has 0 saturated carbocycles.